The number of unbranched alkanes of at least 4 members (excludes halogenated alkanes) is 2. The monoisotopic (exact) mass is 192 g/mol. The minimum Gasteiger partial charge on any atom is -0.306 e. The van der Waals surface area contributed by atoms with Crippen LogP contribution in [-0.4, -0.2) is 14.0 Å². The van der Waals surface area contributed by atoms with Gasteiger partial charge in [0, 0.05) is 0 Å². The van der Waals surface area contributed by atoms with Crippen molar-refractivity contribution in [3.05, 3.63) is 0 Å². The lowest BCUT2D eigenvalue weighted by Gasteiger charge is -2.10. The third-order valence-electron chi connectivity index (χ3n) is 2.03. The normalized spacial score (nSPS) is 15.9. The zero-order valence-electron chi connectivity index (χ0n) is 8.08. The molecule has 74 valence electrons. The van der Waals surface area contributed by atoms with E-state index in [2.05, 4.69) is 13.8 Å². The molecular formula is C9H20O2S. The van der Waals surface area contributed by atoms with Gasteiger partial charge in [-0.1, -0.05) is 39.5 Å². The fourth-order valence-electron chi connectivity index (χ4n) is 1.29. The van der Waals surface area contributed by atoms with Gasteiger partial charge >= 0.3 is 0 Å². The predicted molar refractivity (Wildman–Crippen MR) is 53.6 cm³/mol. The van der Waals surface area contributed by atoms with Crippen molar-refractivity contribution in [2.24, 2.45) is 0 Å². The molecule has 0 bridgehead atoms. The van der Waals surface area contributed by atoms with Crippen LogP contribution < -0.4 is 0 Å². The molecule has 0 aliphatic heterocycles. The van der Waals surface area contributed by atoms with Crippen LogP contribution in [0.2, 0.25) is 0 Å². The number of hydrogen-bond acceptors (Lipinski definition) is 1. The lowest BCUT2D eigenvalue weighted by atomic mass is 10.1. The number of hydrogen-bond donors (Lipinski definition) is 1. The maximum Gasteiger partial charge on any atom is 0.155 e. The van der Waals surface area contributed by atoms with Crippen LogP contribution in [0.1, 0.15) is 52.4 Å². The highest BCUT2D eigenvalue weighted by Crippen LogP contribution is 2.12. The zero-order valence-corrected chi connectivity index (χ0v) is 8.90. The second-order valence-electron chi connectivity index (χ2n) is 3.18. The Labute approximate surface area is 78.0 Å². The SMILES string of the molecule is CCCCCC(CCC)S(=O)O. The Morgan fingerprint density at radius 1 is 1.17 bits per heavy atom. The topological polar surface area (TPSA) is 37.3 Å². The smallest absolute Gasteiger partial charge is 0.155 e. The average molecular weight is 192 g/mol. The highest BCUT2D eigenvalue weighted by Gasteiger charge is 2.12. The largest absolute Gasteiger partial charge is 0.306 e. The van der Waals surface area contributed by atoms with Crippen molar-refractivity contribution in [3.8, 4) is 0 Å². The molecule has 0 saturated carbocycles. The van der Waals surface area contributed by atoms with E-state index in [1.165, 1.54) is 12.8 Å². The first-order chi connectivity index (χ1) is 5.72. The van der Waals surface area contributed by atoms with Crippen LogP contribution in [0.5, 0.6) is 0 Å². The van der Waals surface area contributed by atoms with Crippen molar-refractivity contribution >= 4 is 11.1 Å². The molecule has 2 atom stereocenters. The Bertz CT molecular complexity index is 126. The Balaban J connectivity index is 3.56. The van der Waals surface area contributed by atoms with Gasteiger partial charge in [-0.3, -0.25) is 0 Å². The van der Waals surface area contributed by atoms with Crippen LogP contribution in [-0.2, 0) is 11.1 Å². The molecule has 3 heteroatoms. The van der Waals surface area contributed by atoms with Crippen LogP contribution in [0.25, 0.3) is 0 Å². The highest BCUT2D eigenvalue weighted by molar-refractivity contribution is 7.79. The molecule has 1 N–H and O–H groups in total. The molecule has 0 aliphatic rings. The van der Waals surface area contributed by atoms with E-state index in [1.807, 2.05) is 0 Å². The van der Waals surface area contributed by atoms with Crippen molar-refractivity contribution in [1.29, 1.82) is 0 Å². The van der Waals surface area contributed by atoms with E-state index < -0.39 is 11.1 Å². The molecule has 0 aromatic carbocycles. The maximum atomic E-state index is 10.8. The van der Waals surface area contributed by atoms with E-state index in [1.54, 1.807) is 0 Å². The molecular weight excluding hydrogens is 172 g/mol. The van der Waals surface area contributed by atoms with Crippen molar-refractivity contribution in [2.45, 2.75) is 57.6 Å². The van der Waals surface area contributed by atoms with E-state index in [0.717, 1.165) is 25.7 Å². The van der Waals surface area contributed by atoms with Crippen LogP contribution in [0.3, 0.4) is 0 Å². The van der Waals surface area contributed by atoms with Gasteiger partial charge in [0.25, 0.3) is 0 Å². The third-order valence-corrected chi connectivity index (χ3v) is 3.07. The summed E-state index contributed by atoms with van der Waals surface area (Å²) in [5.41, 5.74) is 0. The summed E-state index contributed by atoms with van der Waals surface area (Å²) in [6.07, 6.45) is 6.24. The van der Waals surface area contributed by atoms with E-state index >= 15 is 0 Å². The summed E-state index contributed by atoms with van der Waals surface area (Å²) < 4.78 is 19.7. The van der Waals surface area contributed by atoms with E-state index in [4.69, 9.17) is 4.55 Å². The van der Waals surface area contributed by atoms with Crippen LogP contribution in [0, 0.1) is 0 Å². The molecule has 0 radical (unpaired) electrons. The quantitative estimate of drug-likeness (QED) is 0.497. The van der Waals surface area contributed by atoms with E-state index in [-0.39, 0.29) is 5.25 Å². The summed E-state index contributed by atoms with van der Waals surface area (Å²) in [7, 11) is 0. The first kappa shape index (κ1) is 12.1. The Hall–Kier alpha value is 0.110. The fraction of sp³-hybridized carbons (Fsp3) is 1.00. The van der Waals surface area contributed by atoms with Gasteiger partial charge in [0.2, 0.25) is 0 Å². The lowest BCUT2D eigenvalue weighted by Crippen LogP contribution is -2.13. The Morgan fingerprint density at radius 2 is 1.83 bits per heavy atom. The zero-order chi connectivity index (χ0) is 9.40. The van der Waals surface area contributed by atoms with Gasteiger partial charge in [0.15, 0.2) is 11.1 Å². The van der Waals surface area contributed by atoms with Gasteiger partial charge < -0.3 is 4.55 Å². The van der Waals surface area contributed by atoms with Crippen LogP contribution >= 0.6 is 0 Å². The van der Waals surface area contributed by atoms with Gasteiger partial charge in [-0.2, -0.15) is 0 Å². The first-order valence-corrected chi connectivity index (χ1v) is 5.99. The summed E-state index contributed by atoms with van der Waals surface area (Å²) in [4.78, 5) is 0. The van der Waals surface area contributed by atoms with Gasteiger partial charge in [-0.05, 0) is 12.8 Å². The molecule has 0 aromatic rings. The van der Waals surface area contributed by atoms with Crippen LogP contribution in [0.15, 0.2) is 0 Å². The number of rotatable bonds is 7. The molecule has 12 heavy (non-hydrogen) atoms. The Kier molecular flexibility index (Phi) is 7.81. The molecule has 0 spiro atoms. The molecule has 0 fully saturated rings. The summed E-state index contributed by atoms with van der Waals surface area (Å²) in [6.45, 7) is 4.20. The van der Waals surface area contributed by atoms with E-state index in [9.17, 15) is 4.21 Å². The van der Waals surface area contributed by atoms with Crippen molar-refractivity contribution in [3.63, 3.8) is 0 Å². The molecule has 2 unspecified atom stereocenters. The van der Waals surface area contributed by atoms with Crippen molar-refractivity contribution in [2.75, 3.05) is 0 Å². The van der Waals surface area contributed by atoms with Gasteiger partial charge in [0.05, 0.1) is 5.25 Å². The van der Waals surface area contributed by atoms with Gasteiger partial charge in [-0.25, -0.2) is 4.21 Å². The van der Waals surface area contributed by atoms with Crippen molar-refractivity contribution < 1.29 is 8.76 Å². The second kappa shape index (κ2) is 7.74. The molecule has 0 heterocycles. The summed E-state index contributed by atoms with van der Waals surface area (Å²) in [5, 5.41) is 0.0153. The molecule has 0 aliphatic carbocycles. The first-order valence-electron chi connectivity index (χ1n) is 4.82. The average Bonchev–Trinajstić information content (AvgIpc) is 2.03. The summed E-state index contributed by atoms with van der Waals surface area (Å²) in [6, 6.07) is 0. The summed E-state index contributed by atoms with van der Waals surface area (Å²) >= 11 is -1.61. The van der Waals surface area contributed by atoms with Gasteiger partial charge in [-0.15, -0.1) is 0 Å². The third kappa shape index (κ3) is 5.72. The molecule has 0 amide bonds. The maximum absolute atomic E-state index is 10.8. The molecule has 0 saturated heterocycles. The molecule has 0 aromatic heterocycles. The van der Waals surface area contributed by atoms with Crippen LogP contribution in [0.4, 0.5) is 0 Å². The van der Waals surface area contributed by atoms with Gasteiger partial charge in [0.1, 0.15) is 0 Å². The molecule has 2 nitrogen and oxygen atoms in total. The minimum absolute atomic E-state index is 0.0153. The minimum atomic E-state index is -1.61. The second-order valence-corrected chi connectivity index (χ2v) is 4.40. The highest BCUT2D eigenvalue weighted by atomic mass is 32.2. The van der Waals surface area contributed by atoms with Crippen molar-refractivity contribution in [1.82, 2.24) is 0 Å². The lowest BCUT2D eigenvalue weighted by molar-refractivity contribution is 0.518. The predicted octanol–water partition coefficient (Wildman–Crippen LogP) is 2.96. The summed E-state index contributed by atoms with van der Waals surface area (Å²) in [5.74, 6) is 0. The van der Waals surface area contributed by atoms with E-state index in [0.29, 0.717) is 0 Å². The standard InChI is InChI=1S/C9H20O2S/c1-3-5-6-8-9(7-4-2)12(10)11/h9H,3-8H2,1-2H3,(H,10,11). The molecule has 0 rings (SSSR count). The fourth-order valence-corrected chi connectivity index (χ4v) is 2.10. The Morgan fingerprint density at radius 3 is 2.25 bits per heavy atom.